The minimum atomic E-state index is -0.768. The molecule has 0 fully saturated rings. The molecule has 26 heavy (non-hydrogen) atoms. The van der Waals surface area contributed by atoms with E-state index in [4.69, 9.17) is 4.74 Å². The lowest BCUT2D eigenvalue weighted by Crippen LogP contribution is -1.99. The molecule has 0 atom stereocenters. The average Bonchev–Trinajstić information content (AvgIpc) is 2.63. The van der Waals surface area contributed by atoms with Gasteiger partial charge in [-0.25, -0.2) is 13.8 Å². The van der Waals surface area contributed by atoms with Crippen LogP contribution in [-0.2, 0) is 12.2 Å². The lowest BCUT2D eigenvalue weighted by Gasteiger charge is -2.10. The summed E-state index contributed by atoms with van der Waals surface area (Å²) < 4.78 is 32.4. The second-order valence-corrected chi connectivity index (χ2v) is 6.67. The van der Waals surface area contributed by atoms with E-state index in [1.807, 2.05) is 19.1 Å². The molecular weight excluding hydrogens is 354 g/mol. The van der Waals surface area contributed by atoms with Crippen LogP contribution in [0.1, 0.15) is 23.7 Å². The van der Waals surface area contributed by atoms with Crippen molar-refractivity contribution in [1.82, 2.24) is 9.97 Å². The van der Waals surface area contributed by atoms with Crippen molar-refractivity contribution >= 4 is 11.8 Å². The summed E-state index contributed by atoms with van der Waals surface area (Å²) in [7, 11) is 0. The van der Waals surface area contributed by atoms with Crippen molar-refractivity contribution in [3.8, 4) is 11.6 Å². The number of nitrogens with zero attached hydrogens (tertiary/aromatic N) is 2. The van der Waals surface area contributed by atoms with Crippen LogP contribution >= 0.6 is 11.8 Å². The molecule has 0 spiro atoms. The van der Waals surface area contributed by atoms with Gasteiger partial charge in [-0.3, -0.25) is 0 Å². The molecule has 0 aliphatic carbocycles. The molecule has 0 aliphatic rings. The van der Waals surface area contributed by atoms with Crippen molar-refractivity contribution in [3.63, 3.8) is 0 Å². The van der Waals surface area contributed by atoms with Gasteiger partial charge < -0.3 is 4.74 Å². The molecule has 0 amide bonds. The summed E-state index contributed by atoms with van der Waals surface area (Å²) in [6.45, 7) is 4.03. The van der Waals surface area contributed by atoms with Gasteiger partial charge >= 0.3 is 0 Å². The van der Waals surface area contributed by atoms with Crippen LogP contribution in [0.2, 0.25) is 0 Å². The molecular formula is C20H18F2N2OS. The Hall–Kier alpha value is -2.47. The van der Waals surface area contributed by atoms with Crippen LogP contribution in [0.4, 0.5) is 8.78 Å². The standard InChI is InChI=1S/C20H18F2N2OS/c1-3-16-11-19(25-18-9-8-15(21)10-17(18)22)24-20(23-16)26-12-14-7-5-4-6-13(14)2/h4-11H,3,12H2,1-2H3. The van der Waals surface area contributed by atoms with Gasteiger partial charge in [0.25, 0.3) is 0 Å². The molecule has 0 radical (unpaired) electrons. The predicted molar refractivity (Wildman–Crippen MR) is 98.6 cm³/mol. The number of halogens is 2. The lowest BCUT2D eigenvalue weighted by molar-refractivity contribution is 0.417. The quantitative estimate of drug-likeness (QED) is 0.410. The molecule has 0 saturated carbocycles. The van der Waals surface area contributed by atoms with Gasteiger partial charge in [0.05, 0.1) is 0 Å². The maximum absolute atomic E-state index is 13.8. The van der Waals surface area contributed by atoms with Crippen LogP contribution in [0, 0.1) is 18.6 Å². The van der Waals surface area contributed by atoms with Crippen molar-refractivity contribution in [2.45, 2.75) is 31.2 Å². The zero-order valence-electron chi connectivity index (χ0n) is 14.5. The number of thioether (sulfide) groups is 1. The van der Waals surface area contributed by atoms with Crippen molar-refractivity contribution in [3.05, 3.63) is 77.0 Å². The molecule has 0 bridgehead atoms. The first-order chi connectivity index (χ1) is 12.5. The van der Waals surface area contributed by atoms with Gasteiger partial charge in [0, 0.05) is 23.6 Å². The zero-order valence-corrected chi connectivity index (χ0v) is 15.3. The van der Waals surface area contributed by atoms with Crippen molar-refractivity contribution in [1.29, 1.82) is 0 Å². The Bertz CT molecular complexity index is 918. The van der Waals surface area contributed by atoms with Gasteiger partial charge in [-0.1, -0.05) is 43.0 Å². The molecule has 1 aromatic heterocycles. The van der Waals surface area contributed by atoms with Gasteiger partial charge in [-0.15, -0.1) is 0 Å². The average molecular weight is 372 g/mol. The highest BCUT2D eigenvalue weighted by atomic mass is 32.2. The fourth-order valence-corrected chi connectivity index (χ4v) is 3.28. The van der Waals surface area contributed by atoms with Crippen LogP contribution in [-0.4, -0.2) is 9.97 Å². The first-order valence-corrected chi connectivity index (χ1v) is 9.22. The molecule has 3 rings (SSSR count). The number of aromatic nitrogens is 2. The summed E-state index contributed by atoms with van der Waals surface area (Å²) in [5.74, 6) is -0.516. The maximum atomic E-state index is 13.8. The third-order valence-electron chi connectivity index (χ3n) is 3.82. The molecule has 134 valence electrons. The highest BCUT2D eigenvalue weighted by Gasteiger charge is 2.11. The van der Waals surface area contributed by atoms with Crippen molar-refractivity contribution < 1.29 is 13.5 Å². The summed E-state index contributed by atoms with van der Waals surface area (Å²) in [6, 6.07) is 13.0. The van der Waals surface area contributed by atoms with Gasteiger partial charge in [0.2, 0.25) is 5.88 Å². The van der Waals surface area contributed by atoms with Gasteiger partial charge in [-0.05, 0) is 36.6 Å². The van der Waals surface area contributed by atoms with Gasteiger partial charge in [-0.2, -0.15) is 4.98 Å². The molecule has 6 heteroatoms. The Morgan fingerprint density at radius 1 is 1.04 bits per heavy atom. The number of ether oxygens (including phenoxy) is 1. The highest BCUT2D eigenvalue weighted by Crippen LogP contribution is 2.27. The lowest BCUT2D eigenvalue weighted by atomic mass is 10.1. The van der Waals surface area contributed by atoms with E-state index in [0.717, 1.165) is 23.6 Å². The fourth-order valence-electron chi connectivity index (χ4n) is 2.33. The summed E-state index contributed by atoms with van der Waals surface area (Å²) >= 11 is 1.49. The topological polar surface area (TPSA) is 35.0 Å². The van der Waals surface area contributed by atoms with Crippen LogP contribution in [0.3, 0.4) is 0 Å². The Morgan fingerprint density at radius 3 is 2.58 bits per heavy atom. The largest absolute Gasteiger partial charge is 0.436 e. The molecule has 2 aromatic carbocycles. The van der Waals surface area contributed by atoms with Crippen LogP contribution < -0.4 is 4.74 Å². The van der Waals surface area contributed by atoms with Gasteiger partial charge in [0.15, 0.2) is 16.7 Å². The normalized spacial score (nSPS) is 10.8. The number of benzene rings is 2. The van der Waals surface area contributed by atoms with E-state index < -0.39 is 11.6 Å². The third-order valence-corrected chi connectivity index (χ3v) is 4.72. The van der Waals surface area contributed by atoms with Crippen LogP contribution in [0.5, 0.6) is 11.6 Å². The van der Waals surface area contributed by atoms with E-state index >= 15 is 0 Å². The minimum absolute atomic E-state index is 0.0676. The molecule has 0 aliphatic heterocycles. The predicted octanol–water partition coefficient (Wildman–Crippen LogP) is 5.71. The van der Waals surface area contributed by atoms with E-state index in [1.54, 1.807) is 6.07 Å². The van der Waals surface area contributed by atoms with Crippen LogP contribution in [0.25, 0.3) is 0 Å². The van der Waals surface area contributed by atoms with E-state index in [9.17, 15) is 8.78 Å². The van der Waals surface area contributed by atoms with E-state index in [1.165, 1.54) is 29.0 Å². The second kappa shape index (κ2) is 8.27. The summed E-state index contributed by atoms with van der Waals surface area (Å²) in [4.78, 5) is 8.85. The zero-order chi connectivity index (χ0) is 18.5. The summed E-state index contributed by atoms with van der Waals surface area (Å²) in [5, 5.41) is 0.560. The van der Waals surface area contributed by atoms with E-state index in [0.29, 0.717) is 11.6 Å². The third kappa shape index (κ3) is 4.58. The molecule has 3 aromatic rings. The van der Waals surface area contributed by atoms with E-state index in [-0.39, 0.29) is 11.6 Å². The monoisotopic (exact) mass is 372 g/mol. The van der Waals surface area contributed by atoms with Crippen LogP contribution in [0.15, 0.2) is 53.7 Å². The highest BCUT2D eigenvalue weighted by molar-refractivity contribution is 7.98. The molecule has 1 heterocycles. The fraction of sp³-hybridized carbons (Fsp3) is 0.200. The Balaban J connectivity index is 1.81. The minimum Gasteiger partial charge on any atom is -0.436 e. The molecule has 3 nitrogen and oxygen atoms in total. The molecule has 0 N–H and O–H groups in total. The van der Waals surface area contributed by atoms with E-state index in [2.05, 4.69) is 29.0 Å². The number of hydrogen-bond donors (Lipinski definition) is 0. The van der Waals surface area contributed by atoms with Crippen molar-refractivity contribution in [2.24, 2.45) is 0 Å². The Labute approximate surface area is 155 Å². The Kier molecular flexibility index (Phi) is 5.83. The number of rotatable bonds is 6. The SMILES string of the molecule is CCc1cc(Oc2ccc(F)cc2F)nc(SCc2ccccc2C)n1. The molecule has 0 saturated heterocycles. The summed E-state index contributed by atoms with van der Waals surface area (Å²) in [5.41, 5.74) is 3.20. The summed E-state index contributed by atoms with van der Waals surface area (Å²) in [6.07, 6.45) is 0.697. The second-order valence-electron chi connectivity index (χ2n) is 5.73. The van der Waals surface area contributed by atoms with Crippen molar-refractivity contribution in [2.75, 3.05) is 0 Å². The maximum Gasteiger partial charge on any atom is 0.223 e. The first kappa shape index (κ1) is 18.3. The molecule has 0 unspecified atom stereocenters. The van der Waals surface area contributed by atoms with Gasteiger partial charge in [0.1, 0.15) is 5.82 Å². The Morgan fingerprint density at radius 2 is 1.85 bits per heavy atom. The smallest absolute Gasteiger partial charge is 0.223 e. The number of aryl methyl sites for hydroxylation is 2. The number of hydrogen-bond acceptors (Lipinski definition) is 4. The first-order valence-electron chi connectivity index (χ1n) is 8.23.